The van der Waals surface area contributed by atoms with Crippen LogP contribution in [0.3, 0.4) is 0 Å². The van der Waals surface area contributed by atoms with Crippen LogP contribution in [0.2, 0.25) is 0 Å². The van der Waals surface area contributed by atoms with Crippen molar-refractivity contribution in [2.75, 3.05) is 26.8 Å². The topological polar surface area (TPSA) is 56.5 Å². The maximum absolute atomic E-state index is 9.32. The molecule has 1 unspecified atom stereocenters. The van der Waals surface area contributed by atoms with Crippen LogP contribution in [0.15, 0.2) is 54.6 Å². The van der Waals surface area contributed by atoms with Gasteiger partial charge >= 0.3 is 0 Å². The normalized spacial score (nSPS) is 11.9. The van der Waals surface area contributed by atoms with Crippen LogP contribution in [0.1, 0.15) is 23.6 Å². The van der Waals surface area contributed by atoms with E-state index in [0.29, 0.717) is 24.3 Å². The fourth-order valence-electron chi connectivity index (χ4n) is 2.56. The van der Waals surface area contributed by atoms with Crippen LogP contribution in [-0.4, -0.2) is 36.8 Å². The van der Waals surface area contributed by atoms with Crippen molar-refractivity contribution in [1.82, 2.24) is 4.90 Å². The summed E-state index contributed by atoms with van der Waals surface area (Å²) in [7, 11) is 2.03. The van der Waals surface area contributed by atoms with Gasteiger partial charge in [-0.2, -0.15) is 5.26 Å². The largest absolute Gasteiger partial charge is 0.492 e. The zero-order valence-corrected chi connectivity index (χ0v) is 13.4. The highest BCUT2D eigenvalue weighted by molar-refractivity contribution is 5.36. The number of benzene rings is 2. The molecule has 4 nitrogen and oxygen atoms in total. The van der Waals surface area contributed by atoms with Crippen molar-refractivity contribution in [3.8, 4) is 11.8 Å². The smallest absolute Gasteiger partial charge is 0.120 e. The maximum Gasteiger partial charge on any atom is 0.120 e. The minimum atomic E-state index is 0.148. The molecule has 0 heterocycles. The lowest BCUT2D eigenvalue weighted by atomic mass is 10.0. The predicted molar refractivity (Wildman–Crippen MR) is 90.2 cm³/mol. The molecule has 120 valence electrons. The van der Waals surface area contributed by atoms with Crippen LogP contribution in [0.5, 0.6) is 5.75 Å². The quantitative estimate of drug-likeness (QED) is 0.814. The number of nitrogens with zero attached hydrogens (tertiary/aromatic N) is 2. The Morgan fingerprint density at radius 3 is 2.65 bits per heavy atom. The van der Waals surface area contributed by atoms with Crippen molar-refractivity contribution in [3.63, 3.8) is 0 Å². The molecule has 0 amide bonds. The van der Waals surface area contributed by atoms with Crippen molar-refractivity contribution in [3.05, 3.63) is 65.7 Å². The van der Waals surface area contributed by atoms with E-state index >= 15 is 0 Å². The molecule has 23 heavy (non-hydrogen) atoms. The Kier molecular flexibility index (Phi) is 6.61. The second-order valence-corrected chi connectivity index (χ2v) is 5.41. The van der Waals surface area contributed by atoms with Crippen molar-refractivity contribution >= 4 is 0 Å². The summed E-state index contributed by atoms with van der Waals surface area (Å²) < 4.78 is 5.73. The number of hydrogen-bond acceptors (Lipinski definition) is 4. The lowest BCUT2D eigenvalue weighted by Gasteiger charge is -2.28. The summed E-state index contributed by atoms with van der Waals surface area (Å²) in [4.78, 5) is 2.18. The highest BCUT2D eigenvalue weighted by atomic mass is 16.5. The standard InChI is InChI=1S/C19H22N2O2/c1-21(19(10-12-22)17-7-3-2-4-8-17)11-13-23-18-9-5-6-16(14-18)15-20/h2-9,14,19,22H,10-13H2,1H3. The molecule has 0 saturated heterocycles. The zero-order valence-electron chi connectivity index (χ0n) is 13.4. The Balaban J connectivity index is 1.91. The Hall–Kier alpha value is -2.35. The molecule has 2 aromatic carbocycles. The van der Waals surface area contributed by atoms with E-state index in [9.17, 15) is 5.11 Å². The van der Waals surface area contributed by atoms with Gasteiger partial charge < -0.3 is 9.84 Å². The Morgan fingerprint density at radius 2 is 1.96 bits per heavy atom. The molecule has 0 fully saturated rings. The van der Waals surface area contributed by atoms with E-state index in [4.69, 9.17) is 10.00 Å². The second-order valence-electron chi connectivity index (χ2n) is 5.41. The lowest BCUT2D eigenvalue weighted by molar-refractivity contribution is 0.160. The first-order valence-electron chi connectivity index (χ1n) is 7.73. The summed E-state index contributed by atoms with van der Waals surface area (Å²) in [6.07, 6.45) is 0.685. The maximum atomic E-state index is 9.32. The molecule has 2 aromatic rings. The third-order valence-electron chi connectivity index (χ3n) is 3.79. The van der Waals surface area contributed by atoms with Gasteiger partial charge in [0.2, 0.25) is 0 Å². The van der Waals surface area contributed by atoms with E-state index in [1.165, 1.54) is 5.56 Å². The third kappa shape index (κ3) is 5.10. The van der Waals surface area contributed by atoms with E-state index in [1.54, 1.807) is 12.1 Å². The number of aliphatic hydroxyl groups excluding tert-OH is 1. The van der Waals surface area contributed by atoms with E-state index in [0.717, 1.165) is 6.54 Å². The summed E-state index contributed by atoms with van der Waals surface area (Å²) in [5.41, 5.74) is 1.79. The average Bonchev–Trinajstić information content (AvgIpc) is 2.60. The van der Waals surface area contributed by atoms with Crippen LogP contribution in [-0.2, 0) is 0 Å². The molecule has 2 rings (SSSR count). The highest BCUT2D eigenvalue weighted by Gasteiger charge is 2.16. The van der Waals surface area contributed by atoms with Crippen molar-refractivity contribution in [1.29, 1.82) is 5.26 Å². The number of aliphatic hydroxyl groups is 1. The molecule has 1 N–H and O–H groups in total. The van der Waals surface area contributed by atoms with E-state index in [2.05, 4.69) is 23.1 Å². The molecule has 0 spiro atoms. The van der Waals surface area contributed by atoms with Gasteiger partial charge in [0.1, 0.15) is 12.4 Å². The third-order valence-corrected chi connectivity index (χ3v) is 3.79. The van der Waals surface area contributed by atoms with Crippen molar-refractivity contribution in [2.45, 2.75) is 12.5 Å². The monoisotopic (exact) mass is 310 g/mol. The zero-order chi connectivity index (χ0) is 16.5. The van der Waals surface area contributed by atoms with Crippen molar-refractivity contribution in [2.24, 2.45) is 0 Å². The minimum absolute atomic E-state index is 0.148. The first-order valence-corrected chi connectivity index (χ1v) is 7.73. The molecule has 4 heteroatoms. The fraction of sp³-hybridized carbons (Fsp3) is 0.316. The van der Waals surface area contributed by atoms with Gasteiger partial charge in [-0.3, -0.25) is 4.90 Å². The van der Waals surface area contributed by atoms with E-state index in [-0.39, 0.29) is 12.6 Å². The molecule has 0 aromatic heterocycles. The van der Waals surface area contributed by atoms with Gasteiger partial charge in [-0.1, -0.05) is 36.4 Å². The van der Waals surface area contributed by atoms with Gasteiger partial charge in [-0.05, 0) is 37.2 Å². The van der Waals surface area contributed by atoms with Gasteiger partial charge in [0.25, 0.3) is 0 Å². The first-order chi connectivity index (χ1) is 11.2. The van der Waals surface area contributed by atoms with Crippen LogP contribution >= 0.6 is 0 Å². The van der Waals surface area contributed by atoms with Gasteiger partial charge in [0, 0.05) is 19.2 Å². The van der Waals surface area contributed by atoms with Gasteiger partial charge in [0.15, 0.2) is 0 Å². The van der Waals surface area contributed by atoms with Crippen LogP contribution in [0.25, 0.3) is 0 Å². The summed E-state index contributed by atoms with van der Waals surface area (Å²) in [5, 5.41) is 18.2. The molecule has 0 bridgehead atoms. The number of nitriles is 1. The summed E-state index contributed by atoms with van der Waals surface area (Å²) in [6.45, 7) is 1.41. The number of likely N-dealkylation sites (N-methyl/N-ethyl adjacent to an activating group) is 1. The highest BCUT2D eigenvalue weighted by Crippen LogP contribution is 2.22. The van der Waals surface area contributed by atoms with E-state index < -0.39 is 0 Å². The van der Waals surface area contributed by atoms with Gasteiger partial charge in [-0.15, -0.1) is 0 Å². The molecule has 0 aliphatic rings. The summed E-state index contributed by atoms with van der Waals surface area (Å²) >= 11 is 0. The predicted octanol–water partition coefficient (Wildman–Crippen LogP) is 2.99. The molecule has 0 aliphatic heterocycles. The molecular weight excluding hydrogens is 288 g/mol. The van der Waals surface area contributed by atoms with Gasteiger partial charge in [-0.25, -0.2) is 0 Å². The molecule has 0 aliphatic carbocycles. The number of ether oxygens (including phenoxy) is 1. The fourth-order valence-corrected chi connectivity index (χ4v) is 2.56. The summed E-state index contributed by atoms with van der Waals surface area (Å²) in [6, 6.07) is 19.6. The number of hydrogen-bond donors (Lipinski definition) is 1. The van der Waals surface area contributed by atoms with Crippen LogP contribution in [0, 0.1) is 11.3 Å². The molecular formula is C19H22N2O2. The Labute approximate surface area is 137 Å². The van der Waals surface area contributed by atoms with Crippen molar-refractivity contribution < 1.29 is 9.84 Å². The van der Waals surface area contributed by atoms with Gasteiger partial charge in [0.05, 0.1) is 11.6 Å². The Bertz CT molecular complexity index is 637. The molecule has 0 saturated carbocycles. The summed E-state index contributed by atoms with van der Waals surface area (Å²) in [5.74, 6) is 0.705. The molecule has 0 radical (unpaired) electrons. The second kappa shape index (κ2) is 8.94. The minimum Gasteiger partial charge on any atom is -0.492 e. The van der Waals surface area contributed by atoms with Crippen LogP contribution < -0.4 is 4.74 Å². The Morgan fingerprint density at radius 1 is 1.17 bits per heavy atom. The van der Waals surface area contributed by atoms with E-state index in [1.807, 2.05) is 37.4 Å². The lowest BCUT2D eigenvalue weighted by Crippen LogP contribution is -2.29. The first kappa shape index (κ1) is 17.0. The van der Waals surface area contributed by atoms with Crippen LogP contribution in [0.4, 0.5) is 0 Å². The SMILES string of the molecule is CN(CCOc1cccc(C#N)c1)C(CCO)c1ccccc1. The average molecular weight is 310 g/mol. The molecule has 1 atom stereocenters. The number of rotatable bonds is 8.